The van der Waals surface area contributed by atoms with Crippen molar-refractivity contribution in [3.63, 3.8) is 0 Å². The second kappa shape index (κ2) is 9.49. The molecule has 182 valence electrons. The molecule has 9 heteroatoms. The zero-order valence-electron chi connectivity index (χ0n) is 19.0. The van der Waals surface area contributed by atoms with E-state index in [-0.39, 0.29) is 41.6 Å². The van der Waals surface area contributed by atoms with Crippen molar-refractivity contribution in [1.29, 1.82) is 0 Å². The third kappa shape index (κ3) is 4.84. The van der Waals surface area contributed by atoms with Gasteiger partial charge in [-0.1, -0.05) is 24.3 Å². The Morgan fingerprint density at radius 1 is 0.771 bits per heavy atom. The van der Waals surface area contributed by atoms with Crippen LogP contribution in [0.5, 0.6) is 0 Å². The molecule has 0 spiro atoms. The van der Waals surface area contributed by atoms with Crippen LogP contribution in [-0.4, -0.2) is 49.7 Å². The second-order valence-corrected chi connectivity index (χ2v) is 10.8. The summed E-state index contributed by atoms with van der Waals surface area (Å²) in [6, 6.07) is 17.0. The Morgan fingerprint density at radius 2 is 1.34 bits per heavy atom. The van der Waals surface area contributed by atoms with Crippen LogP contribution in [0, 0.1) is 11.6 Å². The molecule has 5 rings (SSSR count). The lowest BCUT2D eigenvalue weighted by molar-refractivity contribution is -0.116. The molecular weight excluding hydrogens is 472 g/mol. The van der Waals surface area contributed by atoms with Crippen LogP contribution in [0.1, 0.15) is 29.2 Å². The number of benzene rings is 3. The van der Waals surface area contributed by atoms with Gasteiger partial charge in [-0.25, -0.2) is 17.2 Å². The monoisotopic (exact) mass is 497 g/mol. The summed E-state index contributed by atoms with van der Waals surface area (Å²) in [7, 11) is -3.70. The highest BCUT2D eigenvalue weighted by atomic mass is 32.2. The number of rotatable bonds is 5. The lowest BCUT2D eigenvalue weighted by atomic mass is 9.96. The highest BCUT2D eigenvalue weighted by Gasteiger charge is 2.33. The minimum Gasteiger partial charge on any atom is -0.326 e. The van der Waals surface area contributed by atoms with Gasteiger partial charge < -0.3 is 5.32 Å². The molecule has 1 N–H and O–H groups in total. The Hall–Kier alpha value is -3.14. The summed E-state index contributed by atoms with van der Waals surface area (Å²) < 4.78 is 55.3. The molecule has 1 fully saturated rings. The van der Waals surface area contributed by atoms with Gasteiger partial charge in [0.15, 0.2) is 0 Å². The van der Waals surface area contributed by atoms with E-state index in [9.17, 15) is 22.0 Å². The third-order valence-electron chi connectivity index (χ3n) is 6.62. The van der Waals surface area contributed by atoms with Gasteiger partial charge in [0.25, 0.3) is 0 Å². The Balaban J connectivity index is 1.36. The SMILES string of the molecule is O=C1CCc2cc(S(=O)(=O)N3CCN(C(c4ccc(F)cc4)c4ccc(F)cc4)CC3)ccc2N1. The maximum atomic E-state index is 13.6. The molecule has 0 aromatic heterocycles. The molecule has 0 atom stereocenters. The van der Waals surface area contributed by atoms with Gasteiger partial charge in [-0.3, -0.25) is 9.69 Å². The summed E-state index contributed by atoms with van der Waals surface area (Å²) in [6.45, 7) is 1.49. The van der Waals surface area contributed by atoms with Crippen LogP contribution in [-0.2, 0) is 21.2 Å². The molecule has 0 unspecified atom stereocenters. The number of aryl methyl sites for hydroxylation is 1. The zero-order valence-corrected chi connectivity index (χ0v) is 19.8. The Kier molecular flexibility index (Phi) is 6.39. The number of fused-ring (bicyclic) bond motifs is 1. The van der Waals surface area contributed by atoms with E-state index in [1.165, 1.54) is 34.6 Å². The fourth-order valence-electron chi connectivity index (χ4n) is 4.78. The van der Waals surface area contributed by atoms with Crippen LogP contribution < -0.4 is 5.32 Å². The molecule has 6 nitrogen and oxygen atoms in total. The van der Waals surface area contributed by atoms with Crippen molar-refractivity contribution in [3.8, 4) is 0 Å². The topological polar surface area (TPSA) is 69.7 Å². The minimum atomic E-state index is -3.70. The lowest BCUT2D eigenvalue weighted by Crippen LogP contribution is -2.49. The molecule has 2 heterocycles. The first-order chi connectivity index (χ1) is 16.8. The van der Waals surface area contributed by atoms with Crippen molar-refractivity contribution >= 4 is 21.6 Å². The molecule has 0 saturated carbocycles. The number of amides is 1. The van der Waals surface area contributed by atoms with Crippen LogP contribution >= 0.6 is 0 Å². The quantitative estimate of drug-likeness (QED) is 0.580. The number of sulfonamides is 1. The number of hydrogen-bond acceptors (Lipinski definition) is 4. The Morgan fingerprint density at radius 3 is 1.91 bits per heavy atom. The maximum absolute atomic E-state index is 13.6. The van der Waals surface area contributed by atoms with Gasteiger partial charge in [0.05, 0.1) is 10.9 Å². The molecule has 2 aliphatic heterocycles. The summed E-state index contributed by atoms with van der Waals surface area (Å²) in [4.78, 5) is 14.0. The van der Waals surface area contributed by atoms with Crippen LogP contribution in [0.15, 0.2) is 71.6 Å². The maximum Gasteiger partial charge on any atom is 0.243 e. The van der Waals surface area contributed by atoms with Gasteiger partial charge in [0.1, 0.15) is 11.6 Å². The van der Waals surface area contributed by atoms with Crippen LogP contribution in [0.25, 0.3) is 0 Å². The standard InChI is InChI=1S/C26H25F2N3O3S/c27-21-6-1-18(2-7-21)26(19-3-8-22(28)9-4-19)30-13-15-31(16-14-30)35(33,34)23-10-11-24-20(17-23)5-12-25(32)29-24/h1-4,6-11,17,26H,5,12-16H2,(H,29,32). The van der Waals surface area contributed by atoms with Crippen LogP contribution in [0.3, 0.4) is 0 Å². The predicted molar refractivity (Wildman–Crippen MR) is 128 cm³/mol. The van der Waals surface area contributed by atoms with E-state index in [0.717, 1.165) is 16.7 Å². The number of halogens is 2. The number of carbonyl (C=O) groups is 1. The fraction of sp³-hybridized carbons (Fsp3) is 0.269. The number of nitrogens with one attached hydrogen (secondary N) is 1. The van der Waals surface area contributed by atoms with Gasteiger partial charge in [-0.2, -0.15) is 4.31 Å². The molecule has 2 aliphatic rings. The molecule has 3 aromatic rings. The minimum absolute atomic E-state index is 0.0684. The van der Waals surface area contributed by atoms with E-state index in [1.807, 2.05) is 0 Å². The van der Waals surface area contributed by atoms with E-state index in [4.69, 9.17) is 0 Å². The first-order valence-corrected chi connectivity index (χ1v) is 12.9. The smallest absolute Gasteiger partial charge is 0.243 e. The van der Waals surface area contributed by atoms with E-state index in [0.29, 0.717) is 31.6 Å². The van der Waals surface area contributed by atoms with E-state index < -0.39 is 10.0 Å². The first-order valence-electron chi connectivity index (χ1n) is 11.5. The summed E-state index contributed by atoms with van der Waals surface area (Å²) in [5, 5.41) is 2.77. The average molecular weight is 498 g/mol. The van der Waals surface area contributed by atoms with Crippen molar-refractivity contribution in [2.45, 2.75) is 23.8 Å². The highest BCUT2D eigenvalue weighted by Crippen LogP contribution is 2.32. The number of piperazine rings is 1. The summed E-state index contributed by atoms with van der Waals surface area (Å²) >= 11 is 0. The van der Waals surface area contributed by atoms with Gasteiger partial charge in [-0.05, 0) is 65.6 Å². The fourth-order valence-corrected chi connectivity index (χ4v) is 6.25. The van der Waals surface area contributed by atoms with E-state index in [2.05, 4.69) is 10.2 Å². The third-order valence-corrected chi connectivity index (χ3v) is 8.51. The van der Waals surface area contributed by atoms with Crippen molar-refractivity contribution in [3.05, 3.63) is 95.1 Å². The van der Waals surface area contributed by atoms with Crippen molar-refractivity contribution in [2.24, 2.45) is 0 Å². The van der Waals surface area contributed by atoms with Crippen LogP contribution in [0.4, 0.5) is 14.5 Å². The second-order valence-electron chi connectivity index (χ2n) is 8.81. The van der Waals surface area contributed by atoms with Gasteiger partial charge in [0, 0.05) is 38.3 Å². The van der Waals surface area contributed by atoms with Crippen LogP contribution in [0.2, 0.25) is 0 Å². The van der Waals surface area contributed by atoms with Gasteiger partial charge >= 0.3 is 0 Å². The van der Waals surface area contributed by atoms with E-state index in [1.54, 1.807) is 36.4 Å². The average Bonchev–Trinajstić information content (AvgIpc) is 2.86. The lowest BCUT2D eigenvalue weighted by Gasteiger charge is -2.39. The molecule has 0 bridgehead atoms. The molecule has 0 radical (unpaired) electrons. The summed E-state index contributed by atoms with van der Waals surface area (Å²) in [5.74, 6) is -0.750. The molecule has 0 aliphatic carbocycles. The summed E-state index contributed by atoms with van der Waals surface area (Å²) in [6.07, 6.45) is 0.846. The van der Waals surface area contributed by atoms with Gasteiger partial charge in [-0.15, -0.1) is 0 Å². The van der Waals surface area contributed by atoms with Crippen molar-refractivity contribution in [1.82, 2.24) is 9.21 Å². The number of hydrogen-bond donors (Lipinski definition) is 1. The number of anilines is 1. The normalized spacial score (nSPS) is 17.3. The highest BCUT2D eigenvalue weighted by molar-refractivity contribution is 7.89. The molecule has 1 amide bonds. The predicted octanol–water partition coefficient (Wildman–Crippen LogP) is 3.95. The van der Waals surface area contributed by atoms with Crippen molar-refractivity contribution < 1.29 is 22.0 Å². The van der Waals surface area contributed by atoms with Crippen molar-refractivity contribution in [2.75, 3.05) is 31.5 Å². The molecule has 3 aromatic carbocycles. The molecule has 35 heavy (non-hydrogen) atoms. The molecule has 1 saturated heterocycles. The largest absolute Gasteiger partial charge is 0.326 e. The Bertz CT molecular complexity index is 1290. The number of nitrogens with zero attached hydrogens (tertiary/aromatic N) is 2. The van der Waals surface area contributed by atoms with Gasteiger partial charge in [0.2, 0.25) is 15.9 Å². The number of carbonyl (C=O) groups excluding carboxylic acids is 1. The Labute approximate surface area is 203 Å². The summed E-state index contributed by atoms with van der Waals surface area (Å²) in [5.41, 5.74) is 3.18. The van der Waals surface area contributed by atoms with E-state index >= 15 is 0 Å². The first kappa shape index (κ1) is 23.6. The molecular formula is C26H25F2N3O3S. The zero-order chi connectivity index (χ0) is 24.6.